The highest BCUT2D eigenvalue weighted by molar-refractivity contribution is 14.1. The third kappa shape index (κ3) is 2.22. The van der Waals surface area contributed by atoms with E-state index in [1.807, 2.05) is 6.20 Å². The molecule has 0 bridgehead atoms. The average Bonchev–Trinajstić information content (AvgIpc) is 2.31. The summed E-state index contributed by atoms with van der Waals surface area (Å²) in [5.41, 5.74) is 0.969. The highest BCUT2D eigenvalue weighted by atomic mass is 127. The smallest absolute Gasteiger partial charge is 0.0863 e. The Morgan fingerprint density at radius 2 is 2.60 bits per heavy atom. The van der Waals surface area contributed by atoms with Crippen molar-refractivity contribution in [3.8, 4) is 0 Å². The fourth-order valence-electron chi connectivity index (χ4n) is 0.596. The fourth-order valence-corrected chi connectivity index (χ4v) is 1.01. The molecule has 0 unspecified atom stereocenters. The SMILES string of the molecule is COCCc1cn(I)nn1. The first kappa shape index (κ1) is 7.93. The first-order chi connectivity index (χ1) is 4.83. The minimum Gasteiger partial charge on any atom is -0.384 e. The van der Waals surface area contributed by atoms with Crippen molar-refractivity contribution >= 4 is 22.9 Å². The van der Waals surface area contributed by atoms with Crippen molar-refractivity contribution in [1.82, 2.24) is 13.2 Å². The van der Waals surface area contributed by atoms with Crippen LogP contribution in [0.25, 0.3) is 0 Å². The Morgan fingerprint density at radius 1 is 1.80 bits per heavy atom. The predicted octanol–water partition coefficient (Wildman–Crippen LogP) is 0.665. The molecule has 1 rings (SSSR count). The topological polar surface area (TPSA) is 39.9 Å². The molecule has 0 aromatic carbocycles. The van der Waals surface area contributed by atoms with E-state index in [4.69, 9.17) is 4.74 Å². The van der Waals surface area contributed by atoms with E-state index in [9.17, 15) is 0 Å². The molecule has 1 aromatic heterocycles. The Labute approximate surface area is 73.1 Å². The van der Waals surface area contributed by atoms with Crippen LogP contribution in [0.4, 0.5) is 0 Å². The van der Waals surface area contributed by atoms with Gasteiger partial charge in [0.05, 0.1) is 41.4 Å². The van der Waals surface area contributed by atoms with E-state index < -0.39 is 0 Å². The normalized spacial score (nSPS) is 10.2. The van der Waals surface area contributed by atoms with E-state index in [1.165, 1.54) is 0 Å². The highest BCUT2D eigenvalue weighted by Gasteiger charge is 1.96. The van der Waals surface area contributed by atoms with Crippen LogP contribution < -0.4 is 0 Å². The Morgan fingerprint density at radius 3 is 3.10 bits per heavy atom. The minimum atomic E-state index is 0.704. The molecule has 4 nitrogen and oxygen atoms in total. The molecule has 0 spiro atoms. The van der Waals surface area contributed by atoms with Crippen LogP contribution in [0.2, 0.25) is 0 Å². The van der Waals surface area contributed by atoms with Crippen LogP contribution in [0.3, 0.4) is 0 Å². The molecule has 5 heteroatoms. The molecule has 0 saturated carbocycles. The van der Waals surface area contributed by atoms with Crippen LogP contribution in [-0.4, -0.2) is 26.9 Å². The molecule has 0 N–H and O–H groups in total. The Hall–Kier alpha value is -0.170. The highest BCUT2D eigenvalue weighted by Crippen LogP contribution is 1.96. The summed E-state index contributed by atoms with van der Waals surface area (Å²) in [4.78, 5) is 0. The van der Waals surface area contributed by atoms with Crippen molar-refractivity contribution in [2.45, 2.75) is 6.42 Å². The Kier molecular flexibility index (Phi) is 3.07. The quantitative estimate of drug-likeness (QED) is 0.743. The van der Waals surface area contributed by atoms with E-state index in [2.05, 4.69) is 33.2 Å². The second-order valence-corrected chi connectivity index (χ2v) is 2.83. The summed E-state index contributed by atoms with van der Waals surface area (Å²) in [6.07, 6.45) is 2.71. The van der Waals surface area contributed by atoms with Crippen LogP contribution in [0, 0.1) is 0 Å². The first-order valence-corrected chi connectivity index (χ1v) is 3.85. The van der Waals surface area contributed by atoms with Gasteiger partial charge in [-0.2, -0.15) is 2.90 Å². The van der Waals surface area contributed by atoms with Gasteiger partial charge in [0.15, 0.2) is 0 Å². The zero-order valence-electron chi connectivity index (χ0n) is 5.62. The molecule has 0 fully saturated rings. The standard InChI is InChI=1S/C5H8IN3O/c1-10-3-2-5-4-9(6)8-7-5/h4H,2-3H2,1H3. The van der Waals surface area contributed by atoms with Crippen molar-refractivity contribution in [1.29, 1.82) is 0 Å². The van der Waals surface area contributed by atoms with Crippen LogP contribution in [0.1, 0.15) is 5.69 Å². The Bertz CT molecular complexity index is 201. The lowest BCUT2D eigenvalue weighted by Gasteiger charge is -1.90. The Balaban J connectivity index is 2.42. The van der Waals surface area contributed by atoms with Crippen molar-refractivity contribution in [2.75, 3.05) is 13.7 Å². The van der Waals surface area contributed by atoms with Crippen LogP contribution in [-0.2, 0) is 11.2 Å². The molecule has 1 aromatic rings. The van der Waals surface area contributed by atoms with Gasteiger partial charge in [-0.3, -0.25) is 0 Å². The van der Waals surface area contributed by atoms with Gasteiger partial charge in [-0.1, -0.05) is 5.21 Å². The molecule has 0 radical (unpaired) electrons. The number of hydrogen-bond donors (Lipinski definition) is 0. The van der Waals surface area contributed by atoms with E-state index >= 15 is 0 Å². The minimum absolute atomic E-state index is 0.704. The van der Waals surface area contributed by atoms with Gasteiger partial charge < -0.3 is 4.74 Å². The lowest BCUT2D eigenvalue weighted by molar-refractivity contribution is 0.201. The fraction of sp³-hybridized carbons (Fsp3) is 0.600. The van der Waals surface area contributed by atoms with Crippen LogP contribution >= 0.6 is 22.9 Å². The van der Waals surface area contributed by atoms with Crippen molar-refractivity contribution in [3.63, 3.8) is 0 Å². The lowest BCUT2D eigenvalue weighted by Crippen LogP contribution is -1.93. The largest absolute Gasteiger partial charge is 0.384 e. The third-order valence-electron chi connectivity index (χ3n) is 1.08. The monoisotopic (exact) mass is 253 g/mol. The molecular formula is C5H8IN3O. The maximum absolute atomic E-state index is 4.88. The van der Waals surface area contributed by atoms with E-state index in [0.29, 0.717) is 6.61 Å². The predicted molar refractivity (Wildman–Crippen MR) is 45.0 cm³/mol. The molecule has 0 aliphatic rings. The zero-order chi connectivity index (χ0) is 7.40. The summed E-state index contributed by atoms with van der Waals surface area (Å²) in [5.74, 6) is 0. The number of ether oxygens (including phenoxy) is 1. The molecule has 10 heavy (non-hydrogen) atoms. The summed E-state index contributed by atoms with van der Waals surface area (Å²) >= 11 is 2.05. The molecule has 1 heterocycles. The molecular weight excluding hydrogens is 245 g/mol. The first-order valence-electron chi connectivity index (χ1n) is 2.89. The summed E-state index contributed by atoms with van der Waals surface area (Å²) in [6.45, 7) is 0.704. The van der Waals surface area contributed by atoms with Gasteiger partial charge in [0.1, 0.15) is 0 Å². The third-order valence-corrected chi connectivity index (χ3v) is 1.55. The summed E-state index contributed by atoms with van der Waals surface area (Å²) < 4.78 is 6.53. The van der Waals surface area contributed by atoms with E-state index in [-0.39, 0.29) is 0 Å². The zero-order valence-corrected chi connectivity index (χ0v) is 7.78. The maximum atomic E-state index is 4.88. The van der Waals surface area contributed by atoms with Gasteiger partial charge >= 0.3 is 0 Å². The summed E-state index contributed by atoms with van der Waals surface area (Å²) in [7, 11) is 1.68. The van der Waals surface area contributed by atoms with Gasteiger partial charge in [-0.15, -0.1) is 5.10 Å². The molecule has 0 amide bonds. The second kappa shape index (κ2) is 3.87. The van der Waals surface area contributed by atoms with Crippen molar-refractivity contribution in [2.24, 2.45) is 0 Å². The van der Waals surface area contributed by atoms with Gasteiger partial charge in [0.2, 0.25) is 0 Å². The number of methoxy groups -OCH3 is 1. The van der Waals surface area contributed by atoms with Crippen LogP contribution in [0.15, 0.2) is 6.20 Å². The van der Waals surface area contributed by atoms with Gasteiger partial charge in [-0.25, -0.2) is 0 Å². The molecule has 0 saturated heterocycles. The van der Waals surface area contributed by atoms with Crippen molar-refractivity contribution in [3.05, 3.63) is 11.9 Å². The number of halogens is 1. The summed E-state index contributed by atoms with van der Waals surface area (Å²) in [5, 5.41) is 7.65. The average molecular weight is 253 g/mol. The molecule has 0 aliphatic heterocycles. The van der Waals surface area contributed by atoms with Crippen LogP contribution in [0.5, 0.6) is 0 Å². The van der Waals surface area contributed by atoms with Gasteiger partial charge in [0.25, 0.3) is 0 Å². The van der Waals surface area contributed by atoms with E-state index in [0.717, 1.165) is 12.1 Å². The molecule has 56 valence electrons. The number of aromatic nitrogens is 3. The summed E-state index contributed by atoms with van der Waals surface area (Å²) in [6, 6.07) is 0. The van der Waals surface area contributed by atoms with Gasteiger partial charge in [0, 0.05) is 13.5 Å². The van der Waals surface area contributed by atoms with Crippen molar-refractivity contribution < 1.29 is 4.74 Å². The second-order valence-electron chi connectivity index (χ2n) is 1.84. The number of nitrogens with zero attached hydrogens (tertiary/aromatic N) is 3. The number of hydrogen-bond acceptors (Lipinski definition) is 3. The van der Waals surface area contributed by atoms with Gasteiger partial charge in [-0.05, 0) is 0 Å². The maximum Gasteiger partial charge on any atom is 0.0863 e. The lowest BCUT2D eigenvalue weighted by atomic mass is 10.4. The molecule has 0 aliphatic carbocycles. The van der Waals surface area contributed by atoms with E-state index in [1.54, 1.807) is 10.0 Å². The number of rotatable bonds is 3. The molecule has 0 atom stereocenters.